The van der Waals surface area contributed by atoms with Crippen molar-refractivity contribution in [2.45, 2.75) is 95.8 Å². The van der Waals surface area contributed by atoms with Crippen molar-refractivity contribution >= 4 is 23.7 Å². The summed E-state index contributed by atoms with van der Waals surface area (Å²) in [5.41, 5.74) is 1.27. The summed E-state index contributed by atoms with van der Waals surface area (Å²) in [4.78, 5) is 13.4. The standard InChI is InChI=1S/C36H55N2O12PS/c1-6-26(7-2)21-38(52(43,44)30-16-12-28(13-17-30)25(5)39)22-33(40)32(37-36(41)50-34-23-46-35-31(34)18-19-45-35)20-27-10-14-29(15-11-27)47-24-51(42,48-8-3)49-9-4/h10-17,25-26,31-35,39-40H,6-9,18-24H2,1-5H3,(H,37,41)/t25-,31-,32-,33+,34-,35+/m0/s1. The second-order valence-corrected chi connectivity index (χ2v) is 17.0. The second kappa shape index (κ2) is 19.7. The van der Waals surface area contributed by atoms with E-state index in [9.17, 15) is 28.0 Å². The van der Waals surface area contributed by atoms with E-state index < -0.39 is 54.4 Å². The molecular weight excluding hydrogens is 715 g/mol. The van der Waals surface area contributed by atoms with E-state index in [-0.39, 0.29) is 62.4 Å². The van der Waals surface area contributed by atoms with Gasteiger partial charge in [0.25, 0.3) is 0 Å². The van der Waals surface area contributed by atoms with E-state index in [0.29, 0.717) is 29.9 Å². The number of nitrogens with zero attached hydrogens (tertiary/aromatic N) is 1. The lowest BCUT2D eigenvalue weighted by Gasteiger charge is -2.32. The van der Waals surface area contributed by atoms with Gasteiger partial charge in [0.2, 0.25) is 10.0 Å². The Kier molecular flexibility index (Phi) is 15.9. The van der Waals surface area contributed by atoms with Crippen molar-refractivity contribution in [1.82, 2.24) is 9.62 Å². The van der Waals surface area contributed by atoms with Gasteiger partial charge >= 0.3 is 13.7 Å². The molecule has 14 nitrogen and oxygen atoms in total. The number of fused-ring (bicyclic) bond motifs is 1. The van der Waals surface area contributed by atoms with Crippen molar-refractivity contribution in [2.75, 3.05) is 45.9 Å². The molecule has 52 heavy (non-hydrogen) atoms. The van der Waals surface area contributed by atoms with Crippen molar-refractivity contribution in [3.8, 4) is 5.75 Å². The first-order valence-corrected chi connectivity index (χ1v) is 21.3. The first-order valence-electron chi connectivity index (χ1n) is 18.1. The van der Waals surface area contributed by atoms with Gasteiger partial charge in [0.15, 0.2) is 12.6 Å². The molecule has 16 heteroatoms. The summed E-state index contributed by atoms with van der Waals surface area (Å²) >= 11 is 0. The number of aliphatic hydroxyl groups excluding tert-OH is 2. The van der Waals surface area contributed by atoms with Gasteiger partial charge < -0.3 is 43.5 Å². The van der Waals surface area contributed by atoms with Gasteiger partial charge in [-0.3, -0.25) is 4.57 Å². The van der Waals surface area contributed by atoms with Crippen LogP contribution in [-0.2, 0) is 44.3 Å². The second-order valence-electron chi connectivity index (χ2n) is 13.1. The van der Waals surface area contributed by atoms with Crippen LogP contribution in [0.3, 0.4) is 0 Å². The average molecular weight is 771 g/mol. The molecule has 0 spiro atoms. The van der Waals surface area contributed by atoms with E-state index >= 15 is 0 Å². The lowest BCUT2D eigenvalue weighted by Crippen LogP contribution is -2.52. The topological polar surface area (TPSA) is 179 Å². The quantitative estimate of drug-likeness (QED) is 0.141. The van der Waals surface area contributed by atoms with E-state index in [4.69, 9.17) is 28.0 Å². The summed E-state index contributed by atoms with van der Waals surface area (Å²) in [5, 5.41) is 24.5. The highest BCUT2D eigenvalue weighted by Gasteiger charge is 2.44. The fraction of sp³-hybridized carbons (Fsp3) is 0.639. The molecule has 2 aliphatic heterocycles. The van der Waals surface area contributed by atoms with Crippen LogP contribution in [0.2, 0.25) is 0 Å². The van der Waals surface area contributed by atoms with Crippen molar-refractivity contribution < 1.29 is 56.0 Å². The van der Waals surface area contributed by atoms with Crippen molar-refractivity contribution in [1.29, 1.82) is 0 Å². The normalized spacial score (nSPS) is 20.8. The van der Waals surface area contributed by atoms with Gasteiger partial charge in [0, 0.05) is 13.1 Å². The largest absolute Gasteiger partial charge is 0.481 e. The van der Waals surface area contributed by atoms with Gasteiger partial charge in [-0.25, -0.2) is 13.2 Å². The predicted molar refractivity (Wildman–Crippen MR) is 193 cm³/mol. The minimum atomic E-state index is -4.09. The van der Waals surface area contributed by atoms with Crippen LogP contribution in [0.15, 0.2) is 53.4 Å². The summed E-state index contributed by atoms with van der Waals surface area (Å²) in [6.07, 6.45) is -1.85. The number of alkyl carbamates (subject to hydrolysis) is 1. The molecule has 2 aromatic carbocycles. The summed E-state index contributed by atoms with van der Waals surface area (Å²) in [6, 6.07) is 11.9. The summed E-state index contributed by atoms with van der Waals surface area (Å²) in [5.74, 6) is 0.335. The first-order chi connectivity index (χ1) is 24.8. The van der Waals surface area contributed by atoms with Crippen LogP contribution in [0.25, 0.3) is 0 Å². The fourth-order valence-corrected chi connectivity index (χ4v) is 9.15. The lowest BCUT2D eigenvalue weighted by molar-refractivity contribution is -0.0907. The van der Waals surface area contributed by atoms with Crippen LogP contribution >= 0.6 is 7.60 Å². The molecule has 2 aromatic rings. The number of aliphatic hydroxyl groups is 2. The number of carbonyl (C=O) groups excluding carboxylic acids is 1. The number of nitrogens with one attached hydrogen (secondary N) is 1. The number of carbonyl (C=O) groups is 1. The molecule has 6 atom stereocenters. The molecule has 0 aromatic heterocycles. The minimum Gasteiger partial charge on any atom is -0.481 e. The Morgan fingerprint density at radius 3 is 2.23 bits per heavy atom. The van der Waals surface area contributed by atoms with E-state index in [2.05, 4.69) is 5.32 Å². The third-order valence-electron chi connectivity index (χ3n) is 9.44. The van der Waals surface area contributed by atoms with Crippen molar-refractivity contribution in [3.63, 3.8) is 0 Å². The van der Waals surface area contributed by atoms with E-state index in [1.54, 1.807) is 57.2 Å². The van der Waals surface area contributed by atoms with E-state index in [1.165, 1.54) is 16.4 Å². The first kappa shape index (κ1) is 42.2. The Labute approximate surface area is 307 Å². The van der Waals surface area contributed by atoms with Crippen LogP contribution < -0.4 is 10.1 Å². The van der Waals surface area contributed by atoms with Gasteiger partial charge in [-0.2, -0.15) is 4.31 Å². The monoisotopic (exact) mass is 770 g/mol. The van der Waals surface area contributed by atoms with Crippen LogP contribution in [-0.4, -0.2) is 99.4 Å². The molecule has 2 saturated heterocycles. The molecule has 3 N–H and O–H groups in total. The van der Waals surface area contributed by atoms with Gasteiger partial charge in [0.1, 0.15) is 11.9 Å². The molecule has 1 amide bonds. The van der Waals surface area contributed by atoms with Crippen LogP contribution in [0.5, 0.6) is 5.75 Å². The molecule has 292 valence electrons. The molecule has 2 fully saturated rings. The number of benzene rings is 2. The third kappa shape index (κ3) is 11.5. The maximum absolute atomic E-state index is 14.1. The van der Waals surface area contributed by atoms with Crippen LogP contribution in [0, 0.1) is 11.8 Å². The highest BCUT2D eigenvalue weighted by Crippen LogP contribution is 2.48. The number of hydrogen-bond donors (Lipinski definition) is 3. The highest BCUT2D eigenvalue weighted by molar-refractivity contribution is 7.89. The molecule has 4 rings (SSSR count). The molecule has 0 radical (unpaired) electrons. The van der Waals surface area contributed by atoms with Gasteiger partial charge in [-0.05, 0) is 74.9 Å². The van der Waals surface area contributed by atoms with Gasteiger partial charge in [-0.1, -0.05) is 51.0 Å². The summed E-state index contributed by atoms with van der Waals surface area (Å²) in [7, 11) is -7.53. The Hall–Kier alpha value is -2.59. The van der Waals surface area contributed by atoms with Crippen LogP contribution in [0.4, 0.5) is 4.79 Å². The fourth-order valence-electron chi connectivity index (χ4n) is 6.30. The third-order valence-corrected chi connectivity index (χ3v) is 13.0. The zero-order chi connectivity index (χ0) is 37.9. The summed E-state index contributed by atoms with van der Waals surface area (Å²) < 4.78 is 75.5. The smallest absolute Gasteiger partial charge is 0.407 e. The lowest BCUT2D eigenvalue weighted by atomic mass is 10.00. The number of hydrogen-bond acceptors (Lipinski definition) is 12. The zero-order valence-corrected chi connectivity index (χ0v) is 32.4. The number of ether oxygens (including phenoxy) is 4. The molecule has 2 heterocycles. The maximum atomic E-state index is 14.1. The zero-order valence-electron chi connectivity index (χ0n) is 30.7. The minimum absolute atomic E-state index is 0.0207. The van der Waals surface area contributed by atoms with Crippen molar-refractivity contribution in [2.24, 2.45) is 11.8 Å². The molecule has 2 aliphatic rings. The van der Waals surface area contributed by atoms with E-state index in [1.807, 2.05) is 13.8 Å². The summed E-state index contributed by atoms with van der Waals surface area (Å²) in [6.45, 7) is 9.95. The van der Waals surface area contributed by atoms with Gasteiger partial charge in [0.05, 0.1) is 55.5 Å². The number of amides is 1. The number of rotatable bonds is 21. The Morgan fingerprint density at radius 2 is 1.63 bits per heavy atom. The number of sulfonamides is 1. The van der Waals surface area contributed by atoms with Crippen LogP contribution in [0.1, 0.15) is 71.1 Å². The predicted octanol–water partition coefficient (Wildman–Crippen LogP) is 5.23. The SMILES string of the molecule is CCOP(=O)(COc1ccc(C[C@H](NC(=O)O[C@H]2CO[C@H]3OCC[C@H]32)[C@H](O)CN(CC(CC)CC)S(=O)(=O)c2ccc([C@H](C)O)cc2)cc1)OCC. The van der Waals surface area contributed by atoms with Gasteiger partial charge in [-0.15, -0.1) is 0 Å². The average Bonchev–Trinajstić information content (AvgIpc) is 3.75. The molecule has 0 bridgehead atoms. The molecular formula is C36H55N2O12PS. The van der Waals surface area contributed by atoms with E-state index in [0.717, 1.165) is 12.8 Å². The highest BCUT2D eigenvalue weighted by atomic mass is 32.2. The molecule has 0 unspecified atom stereocenters. The van der Waals surface area contributed by atoms with Crippen molar-refractivity contribution in [3.05, 3.63) is 59.7 Å². The maximum Gasteiger partial charge on any atom is 0.407 e. The Bertz CT molecular complexity index is 1550. The molecule has 0 aliphatic carbocycles. The Balaban J connectivity index is 1.55. The molecule has 0 saturated carbocycles. The Morgan fingerprint density at radius 1 is 0.981 bits per heavy atom.